The summed E-state index contributed by atoms with van der Waals surface area (Å²) in [5, 5.41) is 8.93. The molecule has 1 N–H and O–H groups in total. The molecule has 2 aliphatic rings. The van der Waals surface area contributed by atoms with Crippen LogP contribution in [0.2, 0.25) is 0 Å². The maximum Gasteiger partial charge on any atom is 0.306 e. The van der Waals surface area contributed by atoms with Gasteiger partial charge >= 0.3 is 5.97 Å². The third kappa shape index (κ3) is 1.22. The topological polar surface area (TPSA) is 46.5 Å². The molecule has 1 aliphatic heterocycles. The Labute approximate surface area is 71.7 Å². The molecule has 3 heteroatoms. The van der Waals surface area contributed by atoms with Crippen molar-refractivity contribution in [3.05, 3.63) is 0 Å². The normalized spacial score (nSPS) is 40.8. The van der Waals surface area contributed by atoms with Gasteiger partial charge in [0.2, 0.25) is 0 Å². The van der Waals surface area contributed by atoms with Gasteiger partial charge in [-0.1, -0.05) is 0 Å². The highest BCUT2D eigenvalue weighted by Crippen LogP contribution is 2.38. The van der Waals surface area contributed by atoms with Crippen molar-refractivity contribution in [2.75, 3.05) is 6.61 Å². The molecule has 2 rings (SSSR count). The summed E-state index contributed by atoms with van der Waals surface area (Å²) in [7, 11) is 0. The van der Waals surface area contributed by atoms with E-state index in [-0.39, 0.29) is 12.0 Å². The van der Waals surface area contributed by atoms with Crippen LogP contribution in [-0.2, 0) is 9.53 Å². The maximum absolute atomic E-state index is 10.8. The monoisotopic (exact) mass is 170 g/mol. The smallest absolute Gasteiger partial charge is 0.306 e. The number of carboxylic acid groups (broad SMARTS) is 1. The van der Waals surface area contributed by atoms with Gasteiger partial charge in [-0.2, -0.15) is 0 Å². The van der Waals surface area contributed by atoms with E-state index < -0.39 is 5.97 Å². The molecule has 1 saturated heterocycles. The Balaban J connectivity index is 2.08. The zero-order valence-corrected chi connectivity index (χ0v) is 7.03. The highest BCUT2D eigenvalue weighted by atomic mass is 16.5. The Hall–Kier alpha value is -0.570. The lowest BCUT2D eigenvalue weighted by atomic mass is 9.77. The van der Waals surface area contributed by atoms with Crippen molar-refractivity contribution >= 4 is 5.97 Å². The van der Waals surface area contributed by atoms with Gasteiger partial charge in [-0.05, 0) is 25.7 Å². The molecule has 1 saturated carbocycles. The van der Waals surface area contributed by atoms with Gasteiger partial charge in [0.1, 0.15) is 0 Å². The van der Waals surface area contributed by atoms with E-state index in [2.05, 4.69) is 0 Å². The van der Waals surface area contributed by atoms with E-state index in [1.807, 2.05) is 0 Å². The second kappa shape index (κ2) is 3.05. The molecular formula is C9H14O3. The molecule has 12 heavy (non-hydrogen) atoms. The Morgan fingerprint density at radius 2 is 2.17 bits per heavy atom. The van der Waals surface area contributed by atoms with E-state index in [4.69, 9.17) is 9.84 Å². The summed E-state index contributed by atoms with van der Waals surface area (Å²) in [5.74, 6) is -0.460. The van der Waals surface area contributed by atoms with Crippen molar-refractivity contribution in [1.82, 2.24) is 0 Å². The molecule has 0 aromatic rings. The van der Waals surface area contributed by atoms with E-state index in [9.17, 15) is 4.79 Å². The SMILES string of the molecule is O=C(O)[C@H]1CCC[C@@H]2OCC[C@@H]21. The van der Waals surface area contributed by atoms with E-state index >= 15 is 0 Å². The molecule has 3 atom stereocenters. The molecule has 0 aromatic heterocycles. The maximum atomic E-state index is 10.8. The van der Waals surface area contributed by atoms with Gasteiger partial charge in [0.05, 0.1) is 12.0 Å². The Morgan fingerprint density at radius 3 is 2.92 bits per heavy atom. The number of carbonyl (C=O) groups is 1. The number of aliphatic carboxylic acids is 1. The number of hydrogen-bond donors (Lipinski definition) is 1. The van der Waals surface area contributed by atoms with Gasteiger partial charge in [0.25, 0.3) is 0 Å². The molecule has 68 valence electrons. The fourth-order valence-corrected chi connectivity index (χ4v) is 2.48. The fraction of sp³-hybridized carbons (Fsp3) is 0.889. The summed E-state index contributed by atoms with van der Waals surface area (Å²) >= 11 is 0. The fourth-order valence-electron chi connectivity index (χ4n) is 2.48. The lowest BCUT2D eigenvalue weighted by Gasteiger charge is -2.29. The average molecular weight is 170 g/mol. The number of rotatable bonds is 1. The van der Waals surface area contributed by atoms with Crippen LogP contribution in [0.15, 0.2) is 0 Å². The standard InChI is InChI=1S/C9H14O3/c10-9(11)7-2-1-3-8-6(7)4-5-12-8/h6-8H,1-5H2,(H,10,11)/t6-,7+,8+/m1/s1. The first-order chi connectivity index (χ1) is 5.79. The van der Waals surface area contributed by atoms with Crippen LogP contribution in [0.4, 0.5) is 0 Å². The lowest BCUT2D eigenvalue weighted by Crippen LogP contribution is -2.33. The molecule has 0 aromatic carbocycles. The quantitative estimate of drug-likeness (QED) is 0.644. The predicted molar refractivity (Wildman–Crippen MR) is 42.8 cm³/mol. The zero-order valence-electron chi connectivity index (χ0n) is 7.03. The first kappa shape index (κ1) is 8.05. The minimum atomic E-state index is -0.629. The summed E-state index contributed by atoms with van der Waals surface area (Å²) in [4.78, 5) is 10.8. The summed E-state index contributed by atoms with van der Waals surface area (Å²) < 4.78 is 5.47. The van der Waals surface area contributed by atoms with Gasteiger partial charge < -0.3 is 9.84 Å². The number of ether oxygens (including phenoxy) is 1. The molecule has 0 spiro atoms. The van der Waals surface area contributed by atoms with Crippen LogP contribution in [0.25, 0.3) is 0 Å². The van der Waals surface area contributed by atoms with Crippen molar-refractivity contribution in [2.45, 2.75) is 31.8 Å². The summed E-state index contributed by atoms with van der Waals surface area (Å²) in [6.07, 6.45) is 4.12. The summed E-state index contributed by atoms with van der Waals surface area (Å²) in [6.45, 7) is 0.763. The minimum Gasteiger partial charge on any atom is -0.481 e. The molecular weight excluding hydrogens is 156 g/mol. The second-order valence-electron chi connectivity index (χ2n) is 3.74. The zero-order chi connectivity index (χ0) is 8.55. The third-order valence-corrected chi connectivity index (χ3v) is 3.10. The molecule has 0 radical (unpaired) electrons. The highest BCUT2D eigenvalue weighted by Gasteiger charge is 2.40. The number of fused-ring (bicyclic) bond motifs is 1. The van der Waals surface area contributed by atoms with E-state index in [1.165, 1.54) is 0 Å². The number of hydrogen-bond acceptors (Lipinski definition) is 2. The Morgan fingerprint density at radius 1 is 1.33 bits per heavy atom. The molecule has 3 nitrogen and oxygen atoms in total. The summed E-state index contributed by atoms with van der Waals surface area (Å²) in [6, 6.07) is 0. The van der Waals surface area contributed by atoms with Crippen molar-refractivity contribution in [3.63, 3.8) is 0 Å². The predicted octanol–water partition coefficient (Wildman–Crippen LogP) is 1.28. The van der Waals surface area contributed by atoms with Crippen LogP contribution in [0.3, 0.4) is 0 Å². The second-order valence-corrected chi connectivity index (χ2v) is 3.74. The van der Waals surface area contributed by atoms with E-state index in [1.54, 1.807) is 0 Å². The van der Waals surface area contributed by atoms with Gasteiger partial charge in [0, 0.05) is 12.5 Å². The first-order valence-corrected chi connectivity index (χ1v) is 4.63. The molecule has 0 unspecified atom stereocenters. The van der Waals surface area contributed by atoms with Crippen LogP contribution in [-0.4, -0.2) is 23.8 Å². The van der Waals surface area contributed by atoms with Crippen LogP contribution in [0, 0.1) is 11.8 Å². The third-order valence-electron chi connectivity index (χ3n) is 3.10. The van der Waals surface area contributed by atoms with Crippen molar-refractivity contribution in [2.24, 2.45) is 11.8 Å². The average Bonchev–Trinajstić information content (AvgIpc) is 2.49. The molecule has 2 fully saturated rings. The van der Waals surface area contributed by atoms with Gasteiger partial charge in [0.15, 0.2) is 0 Å². The van der Waals surface area contributed by atoms with Gasteiger partial charge in [-0.25, -0.2) is 0 Å². The van der Waals surface area contributed by atoms with E-state index in [0.717, 1.165) is 32.3 Å². The van der Waals surface area contributed by atoms with Gasteiger partial charge in [-0.15, -0.1) is 0 Å². The lowest BCUT2D eigenvalue weighted by molar-refractivity contribution is -0.146. The molecule has 0 bridgehead atoms. The first-order valence-electron chi connectivity index (χ1n) is 4.63. The van der Waals surface area contributed by atoms with Crippen LogP contribution < -0.4 is 0 Å². The van der Waals surface area contributed by atoms with Crippen LogP contribution in [0.1, 0.15) is 25.7 Å². The molecule has 0 amide bonds. The summed E-state index contributed by atoms with van der Waals surface area (Å²) in [5.41, 5.74) is 0. The largest absolute Gasteiger partial charge is 0.481 e. The molecule has 1 aliphatic carbocycles. The van der Waals surface area contributed by atoms with Crippen molar-refractivity contribution < 1.29 is 14.6 Å². The van der Waals surface area contributed by atoms with Gasteiger partial charge in [-0.3, -0.25) is 4.79 Å². The minimum absolute atomic E-state index is 0.133. The van der Waals surface area contributed by atoms with Crippen LogP contribution >= 0.6 is 0 Å². The Kier molecular flexibility index (Phi) is 2.05. The van der Waals surface area contributed by atoms with Crippen molar-refractivity contribution in [3.8, 4) is 0 Å². The number of carboxylic acids is 1. The van der Waals surface area contributed by atoms with Crippen molar-refractivity contribution in [1.29, 1.82) is 0 Å². The Bertz CT molecular complexity index is 190. The van der Waals surface area contributed by atoms with E-state index in [0.29, 0.717) is 5.92 Å². The van der Waals surface area contributed by atoms with Crippen LogP contribution in [0.5, 0.6) is 0 Å². The molecule has 1 heterocycles. The highest BCUT2D eigenvalue weighted by molar-refractivity contribution is 5.70.